The molecule has 15 heavy (non-hydrogen) atoms. The fourth-order valence-electron chi connectivity index (χ4n) is 1.27. The maximum absolute atomic E-state index is 4.27. The molecule has 0 unspecified atom stereocenters. The van der Waals surface area contributed by atoms with Crippen LogP contribution in [0.2, 0.25) is 0 Å². The van der Waals surface area contributed by atoms with Crippen molar-refractivity contribution in [1.82, 2.24) is 9.97 Å². The summed E-state index contributed by atoms with van der Waals surface area (Å²) in [6.45, 7) is 4.79. The van der Waals surface area contributed by atoms with Crippen molar-refractivity contribution in [3.8, 4) is 0 Å². The zero-order valence-corrected chi connectivity index (χ0v) is 8.64. The number of aromatic nitrogens is 2. The maximum atomic E-state index is 4.27. The summed E-state index contributed by atoms with van der Waals surface area (Å²) >= 11 is 0. The normalized spacial score (nSPS) is 9.67. The third kappa shape index (κ3) is 2.87. The number of aryl methyl sites for hydroxylation is 1. The van der Waals surface area contributed by atoms with Gasteiger partial charge in [0, 0.05) is 0 Å². The molecule has 0 aliphatic rings. The molecule has 0 aliphatic carbocycles. The summed E-state index contributed by atoms with van der Waals surface area (Å²) in [6.07, 6.45) is 5.44. The standard InChI is InChI=1S/C11H12BN3/c1-9-6-12-11(14-7-9)15-8-10-2-4-13-5-3-10/h2-7H,8H2,1H3,(H,14,15). The topological polar surface area (TPSA) is 37.8 Å². The number of pyridine rings is 1. The van der Waals surface area contributed by atoms with Gasteiger partial charge in [0.25, 0.3) is 0 Å². The zero-order chi connectivity index (χ0) is 10.5. The molecular formula is C11H12BN3. The summed E-state index contributed by atoms with van der Waals surface area (Å²) in [4.78, 5) is 8.24. The summed E-state index contributed by atoms with van der Waals surface area (Å²) in [5.41, 5.74) is 3.27. The monoisotopic (exact) mass is 197 g/mol. The van der Waals surface area contributed by atoms with Crippen LogP contribution in [0, 0.1) is 6.92 Å². The first kappa shape index (κ1) is 9.83. The van der Waals surface area contributed by atoms with E-state index in [9.17, 15) is 0 Å². The van der Waals surface area contributed by atoms with Crippen molar-refractivity contribution >= 4 is 12.6 Å². The van der Waals surface area contributed by atoms with Crippen molar-refractivity contribution in [3.63, 3.8) is 0 Å². The van der Waals surface area contributed by atoms with E-state index in [0.29, 0.717) is 0 Å². The molecule has 0 bridgehead atoms. The van der Waals surface area contributed by atoms with Gasteiger partial charge >= 0.3 is 89.2 Å². The van der Waals surface area contributed by atoms with E-state index in [1.54, 1.807) is 12.4 Å². The Morgan fingerprint density at radius 1 is 1.33 bits per heavy atom. The average Bonchev–Trinajstić information content (AvgIpc) is 2.30. The Labute approximate surface area is 89.8 Å². The van der Waals surface area contributed by atoms with Gasteiger partial charge in [0.1, 0.15) is 0 Å². The summed E-state index contributed by atoms with van der Waals surface area (Å²) in [5.74, 6) is 2.04. The summed E-state index contributed by atoms with van der Waals surface area (Å²) in [7, 11) is 0. The van der Waals surface area contributed by atoms with E-state index in [2.05, 4.69) is 15.3 Å². The van der Waals surface area contributed by atoms with Crippen LogP contribution in [-0.4, -0.2) is 16.9 Å². The second-order valence-electron chi connectivity index (χ2n) is 3.43. The molecular weight excluding hydrogens is 185 g/mol. The van der Waals surface area contributed by atoms with Crippen molar-refractivity contribution in [2.45, 2.75) is 13.5 Å². The molecule has 2 aromatic heterocycles. The van der Waals surface area contributed by atoms with Crippen LogP contribution in [0.5, 0.6) is 0 Å². The van der Waals surface area contributed by atoms with Gasteiger partial charge in [-0.2, -0.15) is 0 Å². The van der Waals surface area contributed by atoms with Gasteiger partial charge in [0.15, 0.2) is 0 Å². The van der Waals surface area contributed by atoms with E-state index < -0.39 is 0 Å². The molecule has 1 N–H and O–H groups in total. The van der Waals surface area contributed by atoms with Crippen LogP contribution in [0.3, 0.4) is 0 Å². The van der Waals surface area contributed by atoms with Crippen molar-refractivity contribution in [2.24, 2.45) is 0 Å². The van der Waals surface area contributed by atoms with Gasteiger partial charge in [0.2, 0.25) is 0 Å². The quantitative estimate of drug-likeness (QED) is 0.814. The van der Waals surface area contributed by atoms with Crippen molar-refractivity contribution in [3.05, 3.63) is 47.8 Å². The van der Waals surface area contributed by atoms with Gasteiger partial charge in [-0.3, -0.25) is 0 Å². The van der Waals surface area contributed by atoms with Crippen LogP contribution in [0.25, 0.3) is 0 Å². The van der Waals surface area contributed by atoms with Crippen LogP contribution in [0.15, 0.2) is 36.7 Å². The van der Waals surface area contributed by atoms with Crippen LogP contribution in [0.4, 0.5) is 5.71 Å². The average molecular weight is 197 g/mol. The number of hydrogen-bond acceptors (Lipinski definition) is 3. The minimum absolute atomic E-state index is 0.776. The molecule has 0 aliphatic heterocycles. The Morgan fingerprint density at radius 3 is 2.80 bits per heavy atom. The molecule has 2 rings (SSSR count). The molecule has 74 valence electrons. The molecule has 0 atom stereocenters. The minimum atomic E-state index is 0.776. The van der Waals surface area contributed by atoms with Gasteiger partial charge in [-0.25, -0.2) is 0 Å². The van der Waals surface area contributed by atoms with Crippen LogP contribution in [0.1, 0.15) is 11.1 Å². The summed E-state index contributed by atoms with van der Waals surface area (Å²) in [6, 6.07) is 3.97. The number of nitrogens with one attached hydrogen (secondary N) is 1. The van der Waals surface area contributed by atoms with Crippen molar-refractivity contribution in [1.29, 1.82) is 0 Å². The molecule has 3 nitrogen and oxygen atoms in total. The molecule has 0 amide bonds. The Hall–Kier alpha value is -1.71. The number of hydrogen-bond donors (Lipinski definition) is 1. The van der Waals surface area contributed by atoms with E-state index in [0.717, 1.165) is 12.3 Å². The van der Waals surface area contributed by atoms with E-state index in [1.165, 1.54) is 11.1 Å². The molecule has 0 aromatic carbocycles. The molecule has 0 fully saturated rings. The molecule has 0 radical (unpaired) electrons. The fraction of sp³-hybridized carbons (Fsp3) is 0.182. The van der Waals surface area contributed by atoms with Crippen LogP contribution >= 0.6 is 0 Å². The predicted molar refractivity (Wildman–Crippen MR) is 61.9 cm³/mol. The molecule has 0 saturated carbocycles. The molecule has 2 heterocycles. The van der Waals surface area contributed by atoms with E-state index >= 15 is 0 Å². The van der Waals surface area contributed by atoms with E-state index in [-0.39, 0.29) is 0 Å². The Morgan fingerprint density at radius 2 is 2.13 bits per heavy atom. The van der Waals surface area contributed by atoms with Crippen LogP contribution in [-0.2, 0) is 6.54 Å². The van der Waals surface area contributed by atoms with Crippen molar-refractivity contribution < 1.29 is 0 Å². The zero-order valence-electron chi connectivity index (χ0n) is 8.64. The first-order valence-corrected chi connectivity index (χ1v) is 4.90. The van der Waals surface area contributed by atoms with Gasteiger partial charge in [0.05, 0.1) is 0 Å². The molecule has 0 spiro atoms. The number of nitrogens with zero attached hydrogens (tertiary/aromatic N) is 2. The Balaban J connectivity index is 1.96. The van der Waals surface area contributed by atoms with Gasteiger partial charge in [-0.05, 0) is 0 Å². The van der Waals surface area contributed by atoms with Gasteiger partial charge in [-0.15, -0.1) is 0 Å². The third-order valence-electron chi connectivity index (χ3n) is 2.13. The Kier molecular flexibility index (Phi) is 3.07. The van der Waals surface area contributed by atoms with Crippen LogP contribution < -0.4 is 5.32 Å². The van der Waals surface area contributed by atoms with E-state index in [4.69, 9.17) is 0 Å². The molecule has 2 aromatic rings. The summed E-state index contributed by atoms with van der Waals surface area (Å²) in [5, 5.41) is 3.25. The number of rotatable bonds is 3. The number of anilines is 1. The first-order chi connectivity index (χ1) is 7.34. The van der Waals surface area contributed by atoms with Gasteiger partial charge in [-0.1, -0.05) is 0 Å². The third-order valence-corrected chi connectivity index (χ3v) is 2.13. The molecule has 4 heteroatoms. The molecule has 0 saturated heterocycles. The Bertz CT molecular complexity index is 414. The SMILES string of the molecule is Cc1cbc(NCc2ccncc2)nc1. The second kappa shape index (κ2) is 4.69. The fourth-order valence-corrected chi connectivity index (χ4v) is 1.27. The van der Waals surface area contributed by atoms with Gasteiger partial charge < -0.3 is 0 Å². The van der Waals surface area contributed by atoms with Crippen molar-refractivity contribution in [2.75, 3.05) is 5.32 Å². The van der Waals surface area contributed by atoms with E-state index in [1.807, 2.05) is 38.1 Å². The second-order valence-corrected chi connectivity index (χ2v) is 3.43. The summed E-state index contributed by atoms with van der Waals surface area (Å²) < 4.78 is 0. The first-order valence-electron chi connectivity index (χ1n) is 4.90. The predicted octanol–water partition coefficient (Wildman–Crippen LogP) is 1.74.